The summed E-state index contributed by atoms with van der Waals surface area (Å²) >= 11 is 0. The van der Waals surface area contributed by atoms with Crippen LogP contribution in [-0.4, -0.2) is 31.0 Å². The Kier molecular flexibility index (Phi) is 4.40. The fraction of sp³-hybridized carbons (Fsp3) is 0.0500. The molecule has 0 saturated heterocycles. The molecule has 0 spiro atoms. The summed E-state index contributed by atoms with van der Waals surface area (Å²) in [4.78, 5) is 12.5. The average Bonchev–Trinajstić information content (AvgIpc) is 3.39. The molecule has 7 nitrogen and oxygen atoms in total. The van der Waals surface area contributed by atoms with Crippen LogP contribution in [0.5, 0.6) is 5.75 Å². The third-order valence-electron chi connectivity index (χ3n) is 4.18. The first-order chi connectivity index (χ1) is 13.2. The number of para-hydroxylation sites is 2. The molecule has 0 fully saturated rings. The van der Waals surface area contributed by atoms with E-state index in [0.717, 1.165) is 11.3 Å². The second-order valence-electron chi connectivity index (χ2n) is 5.95. The molecule has 1 amide bonds. The maximum Gasteiger partial charge on any atom is 0.269 e. The molecule has 0 aliphatic rings. The van der Waals surface area contributed by atoms with Gasteiger partial charge in [-0.05, 0) is 35.9 Å². The molecule has 2 aromatic heterocycles. The van der Waals surface area contributed by atoms with Crippen LogP contribution >= 0.6 is 0 Å². The van der Waals surface area contributed by atoms with Crippen molar-refractivity contribution in [2.45, 2.75) is 6.54 Å². The van der Waals surface area contributed by atoms with Gasteiger partial charge in [0.25, 0.3) is 5.91 Å². The third kappa shape index (κ3) is 3.43. The van der Waals surface area contributed by atoms with E-state index in [-0.39, 0.29) is 11.7 Å². The van der Waals surface area contributed by atoms with Crippen molar-refractivity contribution in [3.8, 4) is 22.7 Å². The first-order valence-corrected chi connectivity index (χ1v) is 8.42. The van der Waals surface area contributed by atoms with Crippen molar-refractivity contribution in [2.24, 2.45) is 0 Å². The van der Waals surface area contributed by atoms with E-state index in [1.54, 1.807) is 41.2 Å². The smallest absolute Gasteiger partial charge is 0.269 e. The number of hydrogen-bond donors (Lipinski definition) is 3. The molecule has 0 radical (unpaired) electrons. The Balaban J connectivity index is 1.49. The Labute approximate surface area is 155 Å². The summed E-state index contributed by atoms with van der Waals surface area (Å²) in [5, 5.41) is 23.9. The lowest BCUT2D eigenvalue weighted by molar-refractivity contribution is 0.0946. The van der Waals surface area contributed by atoms with Gasteiger partial charge in [-0.1, -0.05) is 30.3 Å². The summed E-state index contributed by atoms with van der Waals surface area (Å²) in [7, 11) is 0. The molecule has 0 unspecified atom stereocenters. The van der Waals surface area contributed by atoms with E-state index in [4.69, 9.17) is 0 Å². The highest BCUT2D eigenvalue weighted by Gasteiger charge is 2.13. The molecule has 4 aromatic rings. The average molecular weight is 359 g/mol. The lowest BCUT2D eigenvalue weighted by Crippen LogP contribution is -2.24. The molecule has 7 heteroatoms. The van der Waals surface area contributed by atoms with Crippen molar-refractivity contribution in [1.82, 2.24) is 25.3 Å². The van der Waals surface area contributed by atoms with E-state index in [9.17, 15) is 9.90 Å². The first-order valence-electron chi connectivity index (χ1n) is 8.42. The van der Waals surface area contributed by atoms with E-state index in [1.807, 2.05) is 36.5 Å². The monoisotopic (exact) mass is 359 g/mol. The number of aromatic nitrogens is 4. The normalized spacial score (nSPS) is 10.7. The summed E-state index contributed by atoms with van der Waals surface area (Å²) in [5.74, 6) is -0.163. The third-order valence-corrected chi connectivity index (χ3v) is 4.18. The van der Waals surface area contributed by atoms with Crippen LogP contribution in [-0.2, 0) is 6.54 Å². The number of amides is 1. The van der Waals surface area contributed by atoms with Crippen molar-refractivity contribution >= 4 is 5.91 Å². The van der Waals surface area contributed by atoms with Gasteiger partial charge in [-0.15, -0.1) is 0 Å². The number of H-pyrrole nitrogens is 1. The summed E-state index contributed by atoms with van der Waals surface area (Å²) in [6.07, 6.45) is 3.56. The van der Waals surface area contributed by atoms with Crippen LogP contribution in [0.25, 0.3) is 16.9 Å². The second kappa shape index (κ2) is 7.17. The largest absolute Gasteiger partial charge is 0.507 e. The minimum absolute atomic E-state index is 0.115. The van der Waals surface area contributed by atoms with Crippen molar-refractivity contribution in [1.29, 1.82) is 0 Å². The van der Waals surface area contributed by atoms with E-state index in [0.29, 0.717) is 23.5 Å². The number of phenols is 1. The van der Waals surface area contributed by atoms with Crippen LogP contribution in [0.15, 0.2) is 73.1 Å². The van der Waals surface area contributed by atoms with Crippen LogP contribution in [0.1, 0.15) is 16.1 Å². The molecule has 2 aromatic carbocycles. The number of aromatic amines is 1. The van der Waals surface area contributed by atoms with Gasteiger partial charge in [-0.3, -0.25) is 9.89 Å². The first kappa shape index (κ1) is 16.6. The zero-order valence-corrected chi connectivity index (χ0v) is 14.3. The SMILES string of the molecule is O=C(NCc1ccccc1-n1cccn1)c1cc(-c2ccccc2O)n[nH]1. The zero-order chi connectivity index (χ0) is 18.6. The van der Waals surface area contributed by atoms with E-state index >= 15 is 0 Å². The Morgan fingerprint density at radius 1 is 1.11 bits per heavy atom. The molecular weight excluding hydrogens is 342 g/mol. The van der Waals surface area contributed by atoms with E-state index in [1.165, 1.54) is 0 Å². The number of nitrogens with one attached hydrogen (secondary N) is 2. The highest BCUT2D eigenvalue weighted by atomic mass is 16.3. The van der Waals surface area contributed by atoms with Gasteiger partial charge in [0.1, 0.15) is 11.4 Å². The lowest BCUT2D eigenvalue weighted by Gasteiger charge is -2.10. The summed E-state index contributed by atoms with van der Waals surface area (Å²) in [6.45, 7) is 0.347. The molecular formula is C20H17N5O2. The molecule has 0 aliphatic carbocycles. The van der Waals surface area contributed by atoms with Crippen LogP contribution in [0.4, 0.5) is 0 Å². The van der Waals surface area contributed by atoms with Gasteiger partial charge in [0.05, 0.1) is 11.4 Å². The maximum absolute atomic E-state index is 12.5. The molecule has 0 aliphatic heterocycles. The second-order valence-corrected chi connectivity index (χ2v) is 5.95. The number of aromatic hydroxyl groups is 1. The van der Waals surface area contributed by atoms with Crippen LogP contribution < -0.4 is 5.32 Å². The number of benzene rings is 2. The van der Waals surface area contributed by atoms with Crippen LogP contribution in [0, 0.1) is 0 Å². The predicted molar refractivity (Wildman–Crippen MR) is 100 cm³/mol. The Bertz CT molecular complexity index is 1070. The van der Waals surface area contributed by atoms with Gasteiger partial charge in [0.2, 0.25) is 0 Å². The van der Waals surface area contributed by atoms with Crippen molar-refractivity contribution < 1.29 is 9.90 Å². The highest BCUT2D eigenvalue weighted by Crippen LogP contribution is 2.27. The van der Waals surface area contributed by atoms with E-state index < -0.39 is 0 Å². The minimum atomic E-state index is -0.278. The molecule has 3 N–H and O–H groups in total. The van der Waals surface area contributed by atoms with E-state index in [2.05, 4.69) is 20.6 Å². The number of hydrogen-bond acceptors (Lipinski definition) is 4. The standard InChI is InChI=1S/C20H17N5O2/c26-19-9-4-2-7-15(19)16-12-17(24-23-16)20(27)21-13-14-6-1-3-8-18(14)25-11-5-10-22-25/h1-12,26H,13H2,(H,21,27)(H,23,24). The van der Waals surface area contributed by atoms with Crippen molar-refractivity contribution in [2.75, 3.05) is 0 Å². The van der Waals surface area contributed by atoms with Gasteiger partial charge in [0.15, 0.2) is 0 Å². The number of carbonyl (C=O) groups excluding carboxylic acids is 1. The molecule has 134 valence electrons. The Hall–Kier alpha value is -3.87. The molecule has 27 heavy (non-hydrogen) atoms. The molecule has 0 atom stereocenters. The number of phenolic OH excluding ortho intramolecular Hbond substituents is 1. The number of nitrogens with zero attached hydrogens (tertiary/aromatic N) is 3. The lowest BCUT2D eigenvalue weighted by atomic mass is 10.1. The van der Waals surface area contributed by atoms with Gasteiger partial charge in [0, 0.05) is 24.5 Å². The Morgan fingerprint density at radius 3 is 2.74 bits per heavy atom. The number of carbonyl (C=O) groups is 1. The molecule has 4 rings (SSSR count). The van der Waals surface area contributed by atoms with Gasteiger partial charge < -0.3 is 10.4 Å². The predicted octanol–water partition coefficient (Wildman–Crippen LogP) is 2.90. The zero-order valence-electron chi connectivity index (χ0n) is 14.3. The summed E-state index contributed by atoms with van der Waals surface area (Å²) in [5.41, 5.74) is 3.24. The van der Waals surface area contributed by atoms with Crippen LogP contribution in [0.3, 0.4) is 0 Å². The molecule has 0 saturated carbocycles. The topological polar surface area (TPSA) is 95.8 Å². The summed E-state index contributed by atoms with van der Waals surface area (Å²) < 4.78 is 1.76. The number of rotatable bonds is 5. The van der Waals surface area contributed by atoms with Gasteiger partial charge in [-0.25, -0.2) is 4.68 Å². The molecule has 2 heterocycles. The van der Waals surface area contributed by atoms with Crippen LogP contribution in [0.2, 0.25) is 0 Å². The van der Waals surface area contributed by atoms with Crippen molar-refractivity contribution in [3.63, 3.8) is 0 Å². The highest BCUT2D eigenvalue weighted by molar-refractivity contribution is 5.93. The fourth-order valence-corrected chi connectivity index (χ4v) is 2.83. The van der Waals surface area contributed by atoms with Gasteiger partial charge >= 0.3 is 0 Å². The fourth-order valence-electron chi connectivity index (χ4n) is 2.83. The molecule has 0 bridgehead atoms. The van der Waals surface area contributed by atoms with Crippen molar-refractivity contribution in [3.05, 3.63) is 84.3 Å². The van der Waals surface area contributed by atoms with Gasteiger partial charge in [-0.2, -0.15) is 10.2 Å². The minimum Gasteiger partial charge on any atom is -0.507 e. The summed E-state index contributed by atoms with van der Waals surface area (Å²) in [6, 6.07) is 18.1. The quantitative estimate of drug-likeness (QED) is 0.510. The maximum atomic E-state index is 12.5. The Morgan fingerprint density at radius 2 is 1.93 bits per heavy atom.